The Balaban J connectivity index is 1.81. The number of hydrogen-bond acceptors (Lipinski definition) is 7. The molecule has 0 radical (unpaired) electrons. The van der Waals surface area contributed by atoms with Crippen LogP contribution in [0.5, 0.6) is 0 Å². The summed E-state index contributed by atoms with van der Waals surface area (Å²) in [5, 5.41) is 12.9. The summed E-state index contributed by atoms with van der Waals surface area (Å²) in [6.45, 7) is 13.7. The van der Waals surface area contributed by atoms with Crippen molar-refractivity contribution < 1.29 is 4.79 Å². The Kier molecular flexibility index (Phi) is 8.52. The number of hydrazone groups is 1. The third-order valence-electron chi connectivity index (χ3n) is 6.53. The number of anilines is 2. The van der Waals surface area contributed by atoms with Crippen LogP contribution >= 0.6 is 0 Å². The molecule has 2 aromatic heterocycles. The summed E-state index contributed by atoms with van der Waals surface area (Å²) in [5.74, 6) is 1.25. The van der Waals surface area contributed by atoms with E-state index in [1.165, 1.54) is 21.5 Å². The number of fused-ring (bicyclic) bond motifs is 1. The van der Waals surface area contributed by atoms with Gasteiger partial charge in [-0.15, -0.1) is 6.58 Å². The zero-order chi connectivity index (χ0) is 27.2. The molecule has 0 saturated carbocycles. The number of allylic oxidation sites excluding steroid dienone is 3. The molecule has 0 bridgehead atoms. The summed E-state index contributed by atoms with van der Waals surface area (Å²) in [6.07, 6.45) is 9.57. The first kappa shape index (κ1) is 27.0. The molecule has 0 atom stereocenters. The van der Waals surface area contributed by atoms with Gasteiger partial charge < -0.3 is 10.6 Å². The standard InChI is InChI=1S/C28H36N8O2/c1-6-8-25(33-34(18-37)19(3)4)36-26-24(27(38)35(36)13-7-2)17-30-28(32-26)31-23-15-20(5)14-22(16-23)21-9-11-29-12-10-21/h6-8,14-19,21,29H,2,9-13H2,1,3-5H3,(H,30,31,32)/b8-6-,33-25+. The van der Waals surface area contributed by atoms with E-state index in [0.717, 1.165) is 37.2 Å². The lowest BCUT2D eigenvalue weighted by Gasteiger charge is -2.24. The van der Waals surface area contributed by atoms with Crippen LogP contribution in [0.4, 0.5) is 11.6 Å². The maximum absolute atomic E-state index is 13.3. The average Bonchev–Trinajstić information content (AvgIpc) is 3.17. The van der Waals surface area contributed by atoms with E-state index in [1.807, 2.05) is 20.8 Å². The molecule has 4 rings (SSSR count). The Hall–Kier alpha value is -4.05. The monoisotopic (exact) mass is 516 g/mol. The van der Waals surface area contributed by atoms with Crippen LogP contribution in [0.1, 0.15) is 50.7 Å². The van der Waals surface area contributed by atoms with Crippen molar-refractivity contribution in [2.24, 2.45) is 5.10 Å². The number of benzene rings is 1. The molecule has 0 aliphatic carbocycles. The number of amides is 1. The predicted octanol–water partition coefficient (Wildman–Crippen LogP) is 3.90. The van der Waals surface area contributed by atoms with Gasteiger partial charge in [0.15, 0.2) is 11.5 Å². The van der Waals surface area contributed by atoms with E-state index in [-0.39, 0.29) is 18.1 Å². The highest BCUT2D eigenvalue weighted by molar-refractivity contribution is 5.99. The summed E-state index contributed by atoms with van der Waals surface area (Å²) in [6, 6.07) is 6.29. The van der Waals surface area contributed by atoms with E-state index >= 15 is 0 Å². The number of rotatable bonds is 9. The lowest BCUT2D eigenvalue weighted by molar-refractivity contribution is -0.119. The van der Waals surface area contributed by atoms with Crippen molar-refractivity contribution in [3.05, 3.63) is 70.7 Å². The quantitative estimate of drug-likeness (QED) is 0.147. The number of nitrogens with zero attached hydrogens (tertiary/aromatic N) is 6. The van der Waals surface area contributed by atoms with Gasteiger partial charge in [-0.2, -0.15) is 10.1 Å². The van der Waals surface area contributed by atoms with Gasteiger partial charge >= 0.3 is 0 Å². The molecule has 1 saturated heterocycles. The van der Waals surface area contributed by atoms with Crippen molar-refractivity contribution in [2.75, 3.05) is 18.4 Å². The summed E-state index contributed by atoms with van der Waals surface area (Å²) < 4.78 is 3.10. The Morgan fingerprint density at radius 2 is 2.08 bits per heavy atom. The van der Waals surface area contributed by atoms with E-state index in [2.05, 4.69) is 52.4 Å². The minimum atomic E-state index is -0.269. The molecule has 0 unspecified atom stereocenters. The molecule has 10 heteroatoms. The predicted molar refractivity (Wildman–Crippen MR) is 152 cm³/mol. The second-order valence-electron chi connectivity index (χ2n) is 9.74. The normalized spacial score (nSPS) is 14.9. The molecule has 38 heavy (non-hydrogen) atoms. The van der Waals surface area contributed by atoms with Gasteiger partial charge in [-0.1, -0.05) is 18.2 Å². The Morgan fingerprint density at radius 3 is 2.74 bits per heavy atom. The van der Waals surface area contributed by atoms with Gasteiger partial charge in [0.2, 0.25) is 12.4 Å². The van der Waals surface area contributed by atoms with Gasteiger partial charge in [0.1, 0.15) is 5.39 Å². The highest BCUT2D eigenvalue weighted by Gasteiger charge is 2.20. The fourth-order valence-corrected chi connectivity index (χ4v) is 4.69. The zero-order valence-corrected chi connectivity index (χ0v) is 22.5. The van der Waals surface area contributed by atoms with Crippen LogP contribution < -0.4 is 16.2 Å². The molecule has 1 aliphatic rings. The maximum atomic E-state index is 13.3. The van der Waals surface area contributed by atoms with Crippen LogP contribution in [-0.2, 0) is 11.3 Å². The topological polar surface area (TPSA) is 109 Å². The first-order valence-corrected chi connectivity index (χ1v) is 13.0. The summed E-state index contributed by atoms with van der Waals surface area (Å²) in [4.78, 5) is 34.2. The van der Waals surface area contributed by atoms with Gasteiger partial charge in [0.05, 0.1) is 6.54 Å². The molecular weight excluding hydrogens is 480 g/mol. The fourth-order valence-electron chi connectivity index (χ4n) is 4.69. The van der Waals surface area contributed by atoms with Crippen molar-refractivity contribution in [3.8, 4) is 0 Å². The molecule has 3 aromatic rings. The molecule has 1 aliphatic heterocycles. The molecule has 3 heterocycles. The average molecular weight is 517 g/mol. The van der Waals surface area contributed by atoms with Gasteiger partial charge in [0.25, 0.3) is 5.56 Å². The van der Waals surface area contributed by atoms with Gasteiger partial charge in [-0.25, -0.2) is 19.4 Å². The molecule has 0 spiro atoms. The Morgan fingerprint density at radius 1 is 1.32 bits per heavy atom. The molecule has 200 valence electrons. The Bertz CT molecular complexity index is 1430. The number of nitrogens with one attached hydrogen (secondary N) is 2. The van der Waals surface area contributed by atoms with E-state index in [0.29, 0.717) is 35.1 Å². The van der Waals surface area contributed by atoms with Crippen molar-refractivity contribution in [3.63, 3.8) is 0 Å². The summed E-state index contributed by atoms with van der Waals surface area (Å²) in [7, 11) is 0. The molecule has 1 fully saturated rings. The lowest BCUT2D eigenvalue weighted by Crippen LogP contribution is -2.31. The van der Waals surface area contributed by atoms with Crippen LogP contribution in [0.25, 0.3) is 11.0 Å². The highest BCUT2D eigenvalue weighted by Crippen LogP contribution is 2.29. The van der Waals surface area contributed by atoms with E-state index in [9.17, 15) is 9.59 Å². The van der Waals surface area contributed by atoms with Crippen molar-refractivity contribution in [1.82, 2.24) is 29.7 Å². The number of hydrogen-bond donors (Lipinski definition) is 2. The number of piperidine rings is 1. The van der Waals surface area contributed by atoms with Crippen molar-refractivity contribution in [1.29, 1.82) is 0 Å². The molecular formula is C28H36N8O2. The lowest BCUT2D eigenvalue weighted by atomic mass is 9.89. The number of aryl methyl sites for hydroxylation is 1. The smallest absolute Gasteiger partial charge is 0.278 e. The van der Waals surface area contributed by atoms with Gasteiger partial charge in [-0.05, 0) is 88.9 Å². The molecule has 1 aromatic carbocycles. The van der Waals surface area contributed by atoms with Crippen LogP contribution in [0, 0.1) is 6.92 Å². The first-order valence-electron chi connectivity index (χ1n) is 13.0. The number of carbonyl (C=O) groups is 1. The minimum absolute atomic E-state index is 0.170. The second-order valence-corrected chi connectivity index (χ2v) is 9.74. The largest absolute Gasteiger partial charge is 0.324 e. The third-order valence-corrected chi connectivity index (χ3v) is 6.53. The van der Waals surface area contributed by atoms with E-state index in [4.69, 9.17) is 4.98 Å². The third kappa shape index (κ3) is 5.75. The van der Waals surface area contributed by atoms with Crippen LogP contribution in [0.2, 0.25) is 0 Å². The van der Waals surface area contributed by atoms with E-state index < -0.39 is 0 Å². The number of aromatic nitrogens is 4. The van der Waals surface area contributed by atoms with Crippen molar-refractivity contribution in [2.45, 2.75) is 59.0 Å². The van der Waals surface area contributed by atoms with Crippen LogP contribution in [0.15, 0.2) is 59.1 Å². The molecule has 2 N–H and O–H groups in total. The second kappa shape index (κ2) is 12.0. The first-order chi connectivity index (χ1) is 18.4. The highest BCUT2D eigenvalue weighted by atomic mass is 16.1. The zero-order valence-electron chi connectivity index (χ0n) is 22.5. The fraction of sp³-hybridized carbons (Fsp3) is 0.393. The minimum Gasteiger partial charge on any atom is -0.324 e. The van der Waals surface area contributed by atoms with Gasteiger partial charge in [-0.3, -0.25) is 9.59 Å². The summed E-state index contributed by atoms with van der Waals surface area (Å²) >= 11 is 0. The Labute approximate surface area is 222 Å². The maximum Gasteiger partial charge on any atom is 0.278 e. The van der Waals surface area contributed by atoms with E-state index in [1.54, 1.807) is 22.9 Å². The molecule has 10 nitrogen and oxygen atoms in total. The van der Waals surface area contributed by atoms with Crippen LogP contribution in [0.3, 0.4) is 0 Å². The van der Waals surface area contributed by atoms with Gasteiger partial charge in [0, 0.05) is 17.9 Å². The number of carbonyl (C=O) groups excluding carboxylic acids is 1. The van der Waals surface area contributed by atoms with Crippen LogP contribution in [-0.4, -0.2) is 55.7 Å². The van der Waals surface area contributed by atoms with Crippen molar-refractivity contribution >= 4 is 34.9 Å². The molecule has 1 amide bonds. The summed E-state index contributed by atoms with van der Waals surface area (Å²) in [5.41, 5.74) is 3.46. The SMILES string of the molecule is C=CCn1c(=O)c2cnc(Nc3cc(C)cc(C4CCNCC4)c3)nc2n1C(/C=C\C)=N/N(C=O)C(C)C.